The largest absolute Gasteiger partial charge is 0.392 e. The number of methoxy groups -OCH3 is 1. The van der Waals surface area contributed by atoms with Gasteiger partial charge in [-0.25, -0.2) is 0 Å². The van der Waals surface area contributed by atoms with Crippen LogP contribution in [0.3, 0.4) is 0 Å². The van der Waals surface area contributed by atoms with E-state index < -0.39 is 36.9 Å². The van der Waals surface area contributed by atoms with Gasteiger partial charge in [0.2, 0.25) is 0 Å². The van der Waals surface area contributed by atoms with Crippen molar-refractivity contribution in [3.63, 3.8) is 0 Å². The predicted octanol–water partition coefficient (Wildman–Crippen LogP) is -3.28. The van der Waals surface area contributed by atoms with Crippen molar-refractivity contribution < 1.29 is 29.9 Å². The first-order valence-corrected chi connectivity index (χ1v) is 4.11. The molecule has 0 aromatic rings. The highest BCUT2D eigenvalue weighted by Gasteiger charge is 2.51. The molecular formula is C7H15NO6. The van der Waals surface area contributed by atoms with Gasteiger partial charge in [-0.2, -0.15) is 0 Å². The lowest BCUT2D eigenvalue weighted by atomic mass is 9.95. The minimum absolute atomic E-state index is 0.697. The zero-order chi connectivity index (χ0) is 10.9. The average Bonchev–Trinajstić information content (AvgIpc) is 2.20. The lowest BCUT2D eigenvalue weighted by molar-refractivity contribution is -0.331. The summed E-state index contributed by atoms with van der Waals surface area (Å²) in [4.78, 5) is 0. The Labute approximate surface area is 80.7 Å². The van der Waals surface area contributed by atoms with Crippen LogP contribution in [0.15, 0.2) is 0 Å². The third-order valence-corrected chi connectivity index (χ3v) is 2.27. The van der Waals surface area contributed by atoms with E-state index in [1.807, 2.05) is 0 Å². The second kappa shape index (κ2) is 4.07. The fourth-order valence-corrected chi connectivity index (χ4v) is 1.31. The van der Waals surface area contributed by atoms with Gasteiger partial charge in [-0.05, 0) is 0 Å². The Bertz CT molecular complexity index is 201. The zero-order valence-corrected chi connectivity index (χ0v) is 7.70. The first kappa shape index (κ1) is 11.8. The van der Waals surface area contributed by atoms with Crippen molar-refractivity contribution >= 4 is 0 Å². The van der Waals surface area contributed by atoms with Crippen LogP contribution in [0.5, 0.6) is 0 Å². The van der Waals surface area contributed by atoms with Gasteiger partial charge in [0.05, 0.1) is 6.61 Å². The quantitative estimate of drug-likeness (QED) is 0.323. The Kier molecular flexibility index (Phi) is 3.43. The molecule has 84 valence electrons. The molecule has 7 nitrogen and oxygen atoms in total. The van der Waals surface area contributed by atoms with Crippen molar-refractivity contribution in [2.75, 3.05) is 13.7 Å². The van der Waals surface area contributed by atoms with Crippen LogP contribution < -0.4 is 5.73 Å². The van der Waals surface area contributed by atoms with Gasteiger partial charge in [-0.1, -0.05) is 0 Å². The van der Waals surface area contributed by atoms with Crippen molar-refractivity contribution in [3.05, 3.63) is 0 Å². The van der Waals surface area contributed by atoms with Gasteiger partial charge in [0.25, 0.3) is 0 Å². The fraction of sp³-hybridized carbons (Fsp3) is 1.00. The molecule has 0 aliphatic carbocycles. The molecule has 0 aromatic carbocycles. The Morgan fingerprint density at radius 3 is 2.36 bits per heavy atom. The number of nitrogens with two attached hydrogens (primary N) is 1. The highest BCUT2D eigenvalue weighted by Crippen LogP contribution is 2.26. The van der Waals surface area contributed by atoms with Crippen LogP contribution in [0.25, 0.3) is 0 Å². The Morgan fingerprint density at radius 2 is 1.93 bits per heavy atom. The van der Waals surface area contributed by atoms with Gasteiger partial charge in [0.15, 0.2) is 12.0 Å². The SMILES string of the molecule is CO[C@H]1OC(N)(CO)[C@H](O)[C@@H](O)[C@@H]1O. The van der Waals surface area contributed by atoms with E-state index in [2.05, 4.69) is 4.74 Å². The molecule has 0 amide bonds. The van der Waals surface area contributed by atoms with Crippen molar-refractivity contribution in [2.24, 2.45) is 5.73 Å². The molecule has 0 bridgehead atoms. The molecule has 1 fully saturated rings. The highest BCUT2D eigenvalue weighted by atomic mass is 16.7. The van der Waals surface area contributed by atoms with Crippen molar-refractivity contribution in [1.82, 2.24) is 0 Å². The van der Waals surface area contributed by atoms with Gasteiger partial charge in [0, 0.05) is 7.11 Å². The van der Waals surface area contributed by atoms with Crippen LogP contribution in [0, 0.1) is 0 Å². The zero-order valence-electron chi connectivity index (χ0n) is 7.70. The fourth-order valence-electron chi connectivity index (χ4n) is 1.31. The predicted molar refractivity (Wildman–Crippen MR) is 43.9 cm³/mol. The van der Waals surface area contributed by atoms with Gasteiger partial charge < -0.3 is 29.9 Å². The number of ether oxygens (including phenoxy) is 2. The van der Waals surface area contributed by atoms with Gasteiger partial charge in [0.1, 0.15) is 18.3 Å². The van der Waals surface area contributed by atoms with Gasteiger partial charge in [-0.3, -0.25) is 5.73 Å². The van der Waals surface area contributed by atoms with Crippen LogP contribution in [0.2, 0.25) is 0 Å². The highest BCUT2D eigenvalue weighted by molar-refractivity contribution is 4.96. The molecule has 1 rings (SSSR count). The third-order valence-electron chi connectivity index (χ3n) is 2.27. The number of hydrogen-bond donors (Lipinski definition) is 5. The van der Waals surface area contributed by atoms with E-state index >= 15 is 0 Å². The maximum Gasteiger partial charge on any atom is 0.188 e. The van der Waals surface area contributed by atoms with Crippen LogP contribution in [-0.2, 0) is 9.47 Å². The summed E-state index contributed by atoms with van der Waals surface area (Å²) in [6.07, 6.45) is -5.68. The lowest BCUT2D eigenvalue weighted by Gasteiger charge is -2.45. The Morgan fingerprint density at radius 1 is 1.36 bits per heavy atom. The smallest absolute Gasteiger partial charge is 0.188 e. The van der Waals surface area contributed by atoms with Crippen molar-refractivity contribution in [1.29, 1.82) is 0 Å². The van der Waals surface area contributed by atoms with E-state index in [0.717, 1.165) is 0 Å². The van der Waals surface area contributed by atoms with E-state index in [1.165, 1.54) is 7.11 Å². The number of aliphatic hydroxyl groups is 4. The summed E-state index contributed by atoms with van der Waals surface area (Å²) in [5.74, 6) is 0. The minimum atomic E-state index is -1.82. The van der Waals surface area contributed by atoms with Crippen LogP contribution in [-0.4, -0.2) is 64.5 Å². The standard InChI is InChI=1S/C7H15NO6/c1-13-6-4(11)3(10)5(12)7(8,2-9)14-6/h3-6,9-12H,2,8H2,1H3/t3-,4-,5+,6-,7?/m0/s1. The van der Waals surface area contributed by atoms with Crippen molar-refractivity contribution in [3.8, 4) is 0 Å². The first-order valence-electron chi connectivity index (χ1n) is 4.11. The molecule has 1 aliphatic rings. The Balaban J connectivity index is 2.84. The van der Waals surface area contributed by atoms with Crippen LogP contribution >= 0.6 is 0 Å². The van der Waals surface area contributed by atoms with E-state index in [4.69, 9.17) is 15.6 Å². The van der Waals surface area contributed by atoms with Crippen molar-refractivity contribution in [2.45, 2.75) is 30.3 Å². The summed E-state index contributed by atoms with van der Waals surface area (Å²) in [6, 6.07) is 0. The second-order valence-corrected chi connectivity index (χ2v) is 3.26. The molecule has 1 unspecified atom stereocenters. The molecule has 1 aliphatic heterocycles. The Hall–Kier alpha value is -0.280. The summed E-state index contributed by atoms with van der Waals surface area (Å²) >= 11 is 0. The summed E-state index contributed by atoms with van der Waals surface area (Å²) in [7, 11) is 1.25. The topological polar surface area (TPSA) is 125 Å². The molecule has 14 heavy (non-hydrogen) atoms. The minimum Gasteiger partial charge on any atom is -0.392 e. The molecular weight excluding hydrogens is 194 g/mol. The molecule has 1 heterocycles. The summed E-state index contributed by atoms with van der Waals surface area (Å²) in [5, 5.41) is 37.0. The second-order valence-electron chi connectivity index (χ2n) is 3.26. The van der Waals surface area contributed by atoms with E-state index in [-0.39, 0.29) is 0 Å². The van der Waals surface area contributed by atoms with E-state index in [0.29, 0.717) is 0 Å². The first-order chi connectivity index (χ1) is 6.46. The molecule has 7 heteroatoms. The molecule has 6 N–H and O–H groups in total. The summed E-state index contributed by atoms with van der Waals surface area (Å²) in [5.41, 5.74) is 3.63. The maximum absolute atomic E-state index is 9.40. The molecule has 1 saturated heterocycles. The number of hydrogen-bond acceptors (Lipinski definition) is 7. The average molecular weight is 209 g/mol. The summed E-state index contributed by atoms with van der Waals surface area (Å²) < 4.78 is 9.60. The molecule has 0 saturated carbocycles. The molecule has 0 radical (unpaired) electrons. The molecule has 5 atom stereocenters. The van der Waals surface area contributed by atoms with Crippen LogP contribution in [0.1, 0.15) is 0 Å². The maximum atomic E-state index is 9.40. The third kappa shape index (κ3) is 1.75. The van der Waals surface area contributed by atoms with Gasteiger partial charge in [-0.15, -0.1) is 0 Å². The summed E-state index contributed by atoms with van der Waals surface area (Å²) in [6.45, 7) is -0.697. The molecule has 0 aromatic heterocycles. The van der Waals surface area contributed by atoms with E-state index in [1.54, 1.807) is 0 Å². The van der Waals surface area contributed by atoms with Crippen LogP contribution in [0.4, 0.5) is 0 Å². The van der Waals surface area contributed by atoms with Gasteiger partial charge >= 0.3 is 0 Å². The van der Waals surface area contributed by atoms with E-state index in [9.17, 15) is 15.3 Å². The normalized spacial score (nSPS) is 49.3. The number of rotatable bonds is 2. The lowest BCUT2D eigenvalue weighted by Crippen LogP contribution is -2.70. The number of aliphatic hydroxyl groups excluding tert-OH is 4. The monoisotopic (exact) mass is 209 g/mol. The molecule has 0 spiro atoms.